The third kappa shape index (κ3) is 3.30. The van der Waals surface area contributed by atoms with Crippen molar-refractivity contribution in [2.45, 2.75) is 63.2 Å². The molecule has 4 heterocycles. The number of fused-ring (bicyclic) bond motifs is 3. The van der Waals surface area contributed by atoms with E-state index >= 15 is 0 Å². The summed E-state index contributed by atoms with van der Waals surface area (Å²) >= 11 is 3.62. The highest BCUT2D eigenvalue weighted by Gasteiger charge is 2.46. The Morgan fingerprint density at radius 2 is 2.07 bits per heavy atom. The number of hydrogen-bond donors (Lipinski definition) is 1. The molecule has 0 radical (unpaired) electrons. The molecule has 29 heavy (non-hydrogen) atoms. The SMILES string of the molecule is CC(=O)N1C[C@H]2C[C@@H]1CN2C1CCC(Nc2ncc3oc(C#N)cc3c2Br)CC1. The van der Waals surface area contributed by atoms with Crippen LogP contribution in [0.3, 0.4) is 0 Å². The van der Waals surface area contributed by atoms with E-state index in [0.717, 1.165) is 48.0 Å². The average Bonchev–Trinajstić information content (AvgIpc) is 3.44. The van der Waals surface area contributed by atoms with Gasteiger partial charge in [0.25, 0.3) is 0 Å². The first-order chi connectivity index (χ1) is 14.0. The number of aromatic nitrogens is 1. The quantitative estimate of drug-likeness (QED) is 0.758. The van der Waals surface area contributed by atoms with Crippen LogP contribution in [0.5, 0.6) is 0 Å². The van der Waals surface area contributed by atoms with Crippen molar-refractivity contribution in [2.75, 3.05) is 18.4 Å². The molecule has 3 fully saturated rings. The molecule has 0 unspecified atom stereocenters. The van der Waals surface area contributed by atoms with E-state index in [0.29, 0.717) is 35.5 Å². The zero-order chi connectivity index (χ0) is 20.1. The molecule has 0 aromatic carbocycles. The molecule has 8 heteroatoms. The number of piperazine rings is 1. The molecule has 2 saturated heterocycles. The van der Waals surface area contributed by atoms with Crippen molar-refractivity contribution in [3.63, 3.8) is 0 Å². The van der Waals surface area contributed by atoms with E-state index in [2.05, 4.69) is 36.0 Å². The average molecular weight is 458 g/mol. The van der Waals surface area contributed by atoms with E-state index < -0.39 is 0 Å². The van der Waals surface area contributed by atoms with Crippen LogP contribution in [0.25, 0.3) is 11.0 Å². The summed E-state index contributed by atoms with van der Waals surface area (Å²) < 4.78 is 6.30. The minimum Gasteiger partial charge on any atom is -0.444 e. The number of nitrogens with zero attached hydrogens (tertiary/aromatic N) is 4. The van der Waals surface area contributed by atoms with Crippen LogP contribution in [-0.2, 0) is 4.79 Å². The molecule has 1 saturated carbocycles. The maximum Gasteiger partial charge on any atom is 0.219 e. The number of carbonyl (C=O) groups is 1. The van der Waals surface area contributed by atoms with Gasteiger partial charge in [0.05, 0.1) is 10.7 Å². The highest BCUT2D eigenvalue weighted by Crippen LogP contribution is 2.37. The maximum atomic E-state index is 11.7. The number of anilines is 1. The van der Waals surface area contributed by atoms with Crippen molar-refractivity contribution in [3.05, 3.63) is 22.5 Å². The number of nitrogens with one attached hydrogen (secondary N) is 1. The highest BCUT2D eigenvalue weighted by molar-refractivity contribution is 9.10. The van der Waals surface area contributed by atoms with Crippen molar-refractivity contribution in [1.29, 1.82) is 5.26 Å². The summed E-state index contributed by atoms with van der Waals surface area (Å²) in [7, 11) is 0. The third-order valence-electron chi connectivity index (χ3n) is 6.82. The minimum atomic E-state index is 0.222. The predicted octanol–water partition coefficient (Wildman–Crippen LogP) is 3.49. The van der Waals surface area contributed by atoms with Gasteiger partial charge in [-0.3, -0.25) is 9.69 Å². The van der Waals surface area contributed by atoms with Crippen LogP contribution in [0.15, 0.2) is 21.2 Å². The predicted molar refractivity (Wildman–Crippen MR) is 112 cm³/mol. The van der Waals surface area contributed by atoms with Crippen LogP contribution in [0.4, 0.5) is 5.82 Å². The molecule has 0 spiro atoms. The van der Waals surface area contributed by atoms with Crippen molar-refractivity contribution >= 4 is 38.6 Å². The second-order valence-electron chi connectivity index (χ2n) is 8.48. The molecule has 3 aliphatic rings. The van der Waals surface area contributed by atoms with E-state index in [-0.39, 0.29) is 5.91 Å². The second-order valence-corrected chi connectivity index (χ2v) is 9.28. The first kappa shape index (κ1) is 18.9. The Hall–Kier alpha value is -2.11. The standard InChI is InChI=1S/C21H24BrN5O2/c1-12(28)26-10-16-6-15(26)11-27(16)14-4-2-13(3-5-14)25-21-20(22)18-7-17(8-23)29-19(18)9-24-21/h7,9,13-16H,2-6,10-11H2,1H3,(H,24,25)/t13?,14?,15-,16-/m1/s1. The fraction of sp³-hybridized carbons (Fsp3) is 0.571. The molecule has 2 atom stereocenters. The van der Waals surface area contributed by atoms with Gasteiger partial charge in [-0.05, 0) is 48.0 Å². The van der Waals surface area contributed by atoms with Crippen molar-refractivity contribution < 1.29 is 9.21 Å². The summed E-state index contributed by atoms with van der Waals surface area (Å²) in [5.41, 5.74) is 0.617. The van der Waals surface area contributed by atoms with E-state index in [4.69, 9.17) is 9.68 Å². The zero-order valence-electron chi connectivity index (χ0n) is 16.4. The lowest BCUT2D eigenvalue weighted by molar-refractivity contribution is -0.131. The van der Waals surface area contributed by atoms with Gasteiger partial charge in [-0.2, -0.15) is 5.26 Å². The third-order valence-corrected chi connectivity index (χ3v) is 7.62. The number of carbonyl (C=O) groups excluding carboxylic acids is 1. The van der Waals surface area contributed by atoms with Crippen LogP contribution in [0.2, 0.25) is 0 Å². The molecular formula is C21H24BrN5O2. The number of likely N-dealkylation sites (tertiary alicyclic amines) is 2. The summed E-state index contributed by atoms with van der Waals surface area (Å²) in [4.78, 5) is 20.9. The Kier molecular flexibility index (Phi) is 4.75. The van der Waals surface area contributed by atoms with Crippen molar-refractivity contribution in [3.8, 4) is 6.07 Å². The monoisotopic (exact) mass is 457 g/mol. The van der Waals surface area contributed by atoms with E-state index in [1.165, 1.54) is 12.8 Å². The molecule has 2 aromatic heterocycles. The van der Waals surface area contributed by atoms with Gasteiger partial charge in [-0.25, -0.2) is 4.98 Å². The summed E-state index contributed by atoms with van der Waals surface area (Å²) in [5.74, 6) is 1.33. The van der Waals surface area contributed by atoms with Gasteiger partial charge in [0.15, 0.2) is 5.58 Å². The lowest BCUT2D eigenvalue weighted by Gasteiger charge is -2.41. The van der Waals surface area contributed by atoms with Crippen LogP contribution in [-0.4, -0.2) is 57.9 Å². The fourth-order valence-electron chi connectivity index (χ4n) is 5.41. The fourth-order valence-corrected chi connectivity index (χ4v) is 5.94. The number of pyridine rings is 1. The van der Waals surface area contributed by atoms with Crippen LogP contribution < -0.4 is 5.32 Å². The first-order valence-electron chi connectivity index (χ1n) is 10.3. The molecule has 1 N–H and O–H groups in total. The molecular weight excluding hydrogens is 434 g/mol. The molecule has 2 bridgehead atoms. The number of nitriles is 1. The molecule has 2 aromatic rings. The van der Waals surface area contributed by atoms with Gasteiger partial charge < -0.3 is 14.6 Å². The molecule has 5 rings (SSSR count). The maximum absolute atomic E-state index is 11.7. The van der Waals surface area contributed by atoms with E-state index in [9.17, 15) is 4.79 Å². The smallest absolute Gasteiger partial charge is 0.219 e. The number of halogens is 1. The van der Waals surface area contributed by atoms with Gasteiger partial charge in [0.2, 0.25) is 11.7 Å². The normalized spacial score (nSPS) is 29.3. The molecule has 2 aliphatic heterocycles. The van der Waals surface area contributed by atoms with Gasteiger partial charge in [-0.1, -0.05) is 0 Å². The lowest BCUT2D eigenvalue weighted by atomic mass is 9.89. The van der Waals surface area contributed by atoms with Crippen LogP contribution >= 0.6 is 15.9 Å². The van der Waals surface area contributed by atoms with Gasteiger partial charge in [-0.15, -0.1) is 0 Å². The Labute approximate surface area is 178 Å². The molecule has 152 valence electrons. The Morgan fingerprint density at radius 1 is 1.28 bits per heavy atom. The van der Waals surface area contributed by atoms with Gasteiger partial charge >= 0.3 is 0 Å². The number of rotatable bonds is 3. The minimum absolute atomic E-state index is 0.222. The topological polar surface area (TPSA) is 85.4 Å². The summed E-state index contributed by atoms with van der Waals surface area (Å²) in [6.07, 6.45) is 7.38. The second kappa shape index (κ2) is 7.29. The Morgan fingerprint density at radius 3 is 2.72 bits per heavy atom. The first-order valence-corrected chi connectivity index (χ1v) is 11.1. The largest absolute Gasteiger partial charge is 0.444 e. The highest BCUT2D eigenvalue weighted by atomic mass is 79.9. The summed E-state index contributed by atoms with van der Waals surface area (Å²) in [6.45, 7) is 3.64. The molecule has 1 amide bonds. The number of amides is 1. The van der Waals surface area contributed by atoms with Crippen molar-refractivity contribution in [1.82, 2.24) is 14.8 Å². The van der Waals surface area contributed by atoms with E-state index in [1.54, 1.807) is 19.2 Å². The Bertz CT molecular complexity index is 991. The van der Waals surface area contributed by atoms with Gasteiger partial charge in [0.1, 0.15) is 11.9 Å². The van der Waals surface area contributed by atoms with Gasteiger partial charge in [0, 0.05) is 55.6 Å². The number of furan rings is 1. The molecule has 7 nitrogen and oxygen atoms in total. The Balaban J connectivity index is 1.20. The summed E-state index contributed by atoms with van der Waals surface area (Å²) in [5, 5.41) is 13.5. The van der Waals surface area contributed by atoms with Crippen molar-refractivity contribution in [2.24, 2.45) is 0 Å². The van der Waals surface area contributed by atoms with E-state index in [1.807, 2.05) is 6.07 Å². The lowest BCUT2D eigenvalue weighted by Crippen LogP contribution is -2.52. The van der Waals surface area contributed by atoms with Crippen LogP contribution in [0.1, 0.15) is 44.8 Å². The molecule has 1 aliphatic carbocycles. The number of hydrogen-bond acceptors (Lipinski definition) is 6. The van der Waals surface area contributed by atoms with Crippen LogP contribution in [0, 0.1) is 11.3 Å². The summed E-state index contributed by atoms with van der Waals surface area (Å²) in [6, 6.07) is 5.77. The zero-order valence-corrected chi connectivity index (χ0v) is 18.0.